The van der Waals surface area contributed by atoms with Crippen molar-refractivity contribution >= 4 is 12.4 Å². The average molecular weight is 316 g/mol. The van der Waals surface area contributed by atoms with Crippen LogP contribution in [0.1, 0.15) is 59.3 Å². The molecule has 0 rings (SSSR count). The summed E-state index contributed by atoms with van der Waals surface area (Å²) in [7, 11) is 0. The number of likely N-dealkylation sites (N-methyl/N-ethyl adjacent to an activating group) is 1. The first-order chi connectivity index (χ1) is 10.6. The number of carbonyl (C=O) groups excluding carboxylic acids is 2. The van der Waals surface area contributed by atoms with Crippen LogP contribution in [-0.2, 0) is 14.3 Å². The first-order valence-corrected chi connectivity index (χ1v) is 8.72. The van der Waals surface area contributed by atoms with E-state index in [1.807, 2.05) is 13.8 Å². The van der Waals surface area contributed by atoms with Gasteiger partial charge < -0.3 is 14.0 Å². The van der Waals surface area contributed by atoms with Gasteiger partial charge in [0.1, 0.15) is 19.7 Å². The second-order valence-corrected chi connectivity index (χ2v) is 5.76. The molecule has 0 fully saturated rings. The molecule has 0 aromatic heterocycles. The molecule has 0 radical (unpaired) electrons. The second-order valence-electron chi connectivity index (χ2n) is 5.76. The minimum absolute atomic E-state index is 0.296. The van der Waals surface area contributed by atoms with E-state index in [0.29, 0.717) is 30.8 Å². The van der Waals surface area contributed by atoms with Gasteiger partial charge in [-0.3, -0.25) is 4.79 Å². The Labute approximate surface area is 135 Å². The van der Waals surface area contributed by atoms with Crippen molar-refractivity contribution in [1.82, 2.24) is 0 Å². The molecule has 22 heavy (non-hydrogen) atoms. The van der Waals surface area contributed by atoms with Gasteiger partial charge >= 0.3 is 6.16 Å². The number of rotatable bonds is 14. The van der Waals surface area contributed by atoms with Crippen molar-refractivity contribution in [3.8, 4) is 0 Å². The van der Waals surface area contributed by atoms with Crippen molar-refractivity contribution in [2.24, 2.45) is 0 Å². The monoisotopic (exact) mass is 316 g/mol. The molecule has 0 atom stereocenters. The molecule has 0 bridgehead atoms. The standard InChI is InChI=1S/C17H34NO4/c1-4-7-8-9-10-11-15-21-17(20)22-16-13-18(5-2,6-3)12-14-19/h14H,4-13,15-16H2,1-3H3/q+1. The second kappa shape index (κ2) is 13.6. The summed E-state index contributed by atoms with van der Waals surface area (Å²) in [5.41, 5.74) is 0. The molecule has 130 valence electrons. The number of ether oxygens (including phenoxy) is 2. The summed E-state index contributed by atoms with van der Waals surface area (Å²) in [5, 5.41) is 0. The van der Waals surface area contributed by atoms with Crippen molar-refractivity contribution < 1.29 is 23.5 Å². The molecule has 0 heterocycles. The van der Waals surface area contributed by atoms with Crippen molar-refractivity contribution in [1.29, 1.82) is 0 Å². The fraction of sp³-hybridized carbons (Fsp3) is 0.882. The molecular formula is C17H34NO4+. The van der Waals surface area contributed by atoms with Gasteiger partial charge in [-0.2, -0.15) is 0 Å². The fourth-order valence-electron chi connectivity index (χ4n) is 2.45. The van der Waals surface area contributed by atoms with Crippen LogP contribution in [0.25, 0.3) is 0 Å². The van der Waals surface area contributed by atoms with E-state index in [9.17, 15) is 9.59 Å². The van der Waals surface area contributed by atoms with Crippen LogP contribution in [-0.4, -0.2) is 56.3 Å². The Hall–Kier alpha value is -1.10. The van der Waals surface area contributed by atoms with Crippen molar-refractivity contribution in [2.75, 3.05) is 39.4 Å². The summed E-state index contributed by atoms with van der Waals surface area (Å²) in [5.74, 6) is 0. The van der Waals surface area contributed by atoms with Crippen LogP contribution in [0, 0.1) is 0 Å². The summed E-state index contributed by atoms with van der Waals surface area (Å²) in [6.45, 7) is 9.83. The zero-order valence-corrected chi connectivity index (χ0v) is 14.6. The number of unbranched alkanes of at least 4 members (excludes halogenated alkanes) is 5. The Balaban J connectivity index is 3.69. The summed E-state index contributed by atoms with van der Waals surface area (Å²) in [6.07, 6.45) is 7.30. The van der Waals surface area contributed by atoms with Crippen LogP contribution in [0.15, 0.2) is 0 Å². The van der Waals surface area contributed by atoms with E-state index < -0.39 is 6.16 Å². The van der Waals surface area contributed by atoms with E-state index in [-0.39, 0.29) is 0 Å². The van der Waals surface area contributed by atoms with Gasteiger partial charge in [0.15, 0.2) is 6.29 Å². The van der Waals surface area contributed by atoms with Gasteiger partial charge in [-0.05, 0) is 20.3 Å². The first-order valence-electron chi connectivity index (χ1n) is 8.72. The summed E-state index contributed by atoms with van der Waals surface area (Å²) < 4.78 is 10.8. The lowest BCUT2D eigenvalue weighted by Gasteiger charge is -2.34. The summed E-state index contributed by atoms with van der Waals surface area (Å²) >= 11 is 0. The van der Waals surface area contributed by atoms with E-state index in [1.54, 1.807) is 0 Å². The number of aldehydes is 1. The molecule has 0 aromatic rings. The van der Waals surface area contributed by atoms with Gasteiger partial charge in [0, 0.05) is 0 Å². The van der Waals surface area contributed by atoms with Gasteiger partial charge in [0.2, 0.25) is 0 Å². The Bertz CT molecular complexity index is 290. The number of carbonyl (C=O) groups is 2. The molecule has 5 nitrogen and oxygen atoms in total. The lowest BCUT2D eigenvalue weighted by atomic mass is 10.1. The van der Waals surface area contributed by atoms with Gasteiger partial charge in [-0.25, -0.2) is 4.79 Å². The highest BCUT2D eigenvalue weighted by molar-refractivity contribution is 5.59. The van der Waals surface area contributed by atoms with Crippen molar-refractivity contribution in [3.63, 3.8) is 0 Å². The van der Waals surface area contributed by atoms with E-state index in [2.05, 4.69) is 6.92 Å². The lowest BCUT2D eigenvalue weighted by molar-refractivity contribution is -0.916. The molecule has 0 aliphatic heterocycles. The van der Waals surface area contributed by atoms with Crippen molar-refractivity contribution in [2.45, 2.75) is 59.3 Å². The van der Waals surface area contributed by atoms with Crippen LogP contribution in [0.2, 0.25) is 0 Å². The molecule has 0 spiro atoms. The van der Waals surface area contributed by atoms with Crippen molar-refractivity contribution in [3.05, 3.63) is 0 Å². The number of hydrogen-bond donors (Lipinski definition) is 0. The topological polar surface area (TPSA) is 52.6 Å². The Morgan fingerprint density at radius 3 is 2.09 bits per heavy atom. The quantitative estimate of drug-likeness (QED) is 0.213. The lowest BCUT2D eigenvalue weighted by Crippen LogP contribution is -2.51. The zero-order valence-electron chi connectivity index (χ0n) is 14.6. The van der Waals surface area contributed by atoms with Gasteiger partial charge in [-0.15, -0.1) is 0 Å². The predicted molar refractivity (Wildman–Crippen MR) is 87.8 cm³/mol. The Morgan fingerprint density at radius 1 is 0.909 bits per heavy atom. The Kier molecular flexibility index (Phi) is 12.9. The predicted octanol–water partition coefficient (Wildman–Crippen LogP) is 3.56. The molecule has 0 aromatic carbocycles. The molecular weight excluding hydrogens is 282 g/mol. The molecule has 0 aliphatic rings. The summed E-state index contributed by atoms with van der Waals surface area (Å²) in [6, 6.07) is 0. The molecule has 0 saturated heterocycles. The van der Waals surface area contributed by atoms with Crippen LogP contribution < -0.4 is 0 Å². The van der Waals surface area contributed by atoms with Crippen LogP contribution in [0.5, 0.6) is 0 Å². The maximum atomic E-state index is 11.5. The highest BCUT2D eigenvalue weighted by Crippen LogP contribution is 2.06. The van der Waals surface area contributed by atoms with Gasteiger partial charge in [0.25, 0.3) is 0 Å². The van der Waals surface area contributed by atoms with Crippen LogP contribution in [0.4, 0.5) is 4.79 Å². The van der Waals surface area contributed by atoms with E-state index in [1.165, 1.54) is 25.7 Å². The van der Waals surface area contributed by atoms with Gasteiger partial charge in [-0.1, -0.05) is 39.0 Å². The maximum Gasteiger partial charge on any atom is 0.508 e. The molecule has 0 aliphatic carbocycles. The van der Waals surface area contributed by atoms with E-state index >= 15 is 0 Å². The normalized spacial score (nSPS) is 11.2. The summed E-state index contributed by atoms with van der Waals surface area (Å²) in [4.78, 5) is 22.2. The molecule has 0 unspecified atom stereocenters. The first kappa shape index (κ1) is 20.9. The third kappa shape index (κ3) is 9.77. The molecule has 5 heteroatoms. The largest absolute Gasteiger partial charge is 0.508 e. The number of nitrogens with zero attached hydrogens (tertiary/aromatic N) is 1. The van der Waals surface area contributed by atoms with Gasteiger partial charge in [0.05, 0.1) is 19.7 Å². The third-order valence-electron chi connectivity index (χ3n) is 4.31. The van der Waals surface area contributed by atoms with Crippen LogP contribution >= 0.6 is 0 Å². The van der Waals surface area contributed by atoms with E-state index in [0.717, 1.165) is 32.2 Å². The highest BCUT2D eigenvalue weighted by Gasteiger charge is 2.23. The Morgan fingerprint density at radius 2 is 1.50 bits per heavy atom. The third-order valence-corrected chi connectivity index (χ3v) is 4.31. The number of hydrogen-bond acceptors (Lipinski definition) is 4. The minimum Gasteiger partial charge on any atom is -0.434 e. The minimum atomic E-state index is -0.593. The zero-order chi connectivity index (χ0) is 16.7. The highest BCUT2D eigenvalue weighted by atomic mass is 16.7. The molecule has 0 amide bonds. The van der Waals surface area contributed by atoms with E-state index in [4.69, 9.17) is 9.47 Å². The molecule has 0 saturated carbocycles. The maximum absolute atomic E-state index is 11.5. The van der Waals surface area contributed by atoms with Crippen LogP contribution in [0.3, 0.4) is 0 Å². The SMILES string of the molecule is CCCCCCCCOC(=O)OCC[N+](CC)(CC)CC=O. The fourth-order valence-corrected chi connectivity index (χ4v) is 2.45. The average Bonchev–Trinajstić information content (AvgIpc) is 2.53. The number of quaternary nitrogens is 1. The molecule has 0 N–H and O–H groups in total. The smallest absolute Gasteiger partial charge is 0.434 e.